The Labute approximate surface area is 248 Å². The number of benzene rings is 2. The van der Waals surface area contributed by atoms with E-state index in [-0.39, 0.29) is 0 Å². The molecule has 0 amide bonds. The van der Waals surface area contributed by atoms with Crippen LogP contribution in [-0.4, -0.2) is 67.2 Å². The number of aryl methyl sites for hydroxylation is 1. The lowest BCUT2D eigenvalue weighted by Gasteiger charge is -2.34. The number of nitrogens with one attached hydrogen (secondary N) is 1. The van der Waals surface area contributed by atoms with E-state index in [2.05, 4.69) is 70.8 Å². The number of likely N-dealkylation sites (N-methyl/N-ethyl adjacent to an activating group) is 1. The van der Waals surface area contributed by atoms with Gasteiger partial charge in [0.25, 0.3) is 0 Å². The molecule has 1 unspecified atom stereocenters. The summed E-state index contributed by atoms with van der Waals surface area (Å²) in [6, 6.07) is 12.3. The number of rotatable bonds is 10. The molecule has 1 N–H and O–H groups in total. The Hall–Kier alpha value is -4.37. The Kier molecular flexibility index (Phi) is 8.77. The standard InChI is InChI=1S/C33H41N7O2/c1-8-22(3)26-19-25(11-12-28(26)39(6)9-2)42-29-13-10-24(18-23(29)4)37-32-30-27(35-21-36-32)20-34-33(31(30)41-7)40-16-14-38(5)15-17-40/h9-13,18-22H,2,8,14-17H2,1,3-7H3,(H,35,36,37). The summed E-state index contributed by atoms with van der Waals surface area (Å²) in [7, 11) is 5.84. The molecule has 0 aliphatic carbocycles. The van der Waals surface area contributed by atoms with Gasteiger partial charge in [0, 0.05) is 44.6 Å². The second kappa shape index (κ2) is 12.7. The van der Waals surface area contributed by atoms with Gasteiger partial charge >= 0.3 is 0 Å². The molecule has 1 aliphatic rings. The zero-order valence-electron chi connectivity index (χ0n) is 25.5. The number of aromatic nitrogens is 3. The zero-order chi connectivity index (χ0) is 29.8. The molecule has 42 heavy (non-hydrogen) atoms. The minimum atomic E-state index is 0.394. The summed E-state index contributed by atoms with van der Waals surface area (Å²) in [4.78, 5) is 20.4. The number of hydrogen-bond donors (Lipinski definition) is 1. The summed E-state index contributed by atoms with van der Waals surface area (Å²) < 4.78 is 12.3. The monoisotopic (exact) mass is 567 g/mol. The molecule has 220 valence electrons. The maximum Gasteiger partial charge on any atom is 0.174 e. The second-order valence-corrected chi connectivity index (χ2v) is 10.9. The molecule has 9 heteroatoms. The van der Waals surface area contributed by atoms with Crippen LogP contribution >= 0.6 is 0 Å². The van der Waals surface area contributed by atoms with Crippen molar-refractivity contribution < 1.29 is 9.47 Å². The van der Waals surface area contributed by atoms with E-state index in [9.17, 15) is 0 Å². The van der Waals surface area contributed by atoms with Crippen LogP contribution < -0.4 is 24.6 Å². The summed E-state index contributed by atoms with van der Waals surface area (Å²) in [5.41, 5.74) is 5.00. The van der Waals surface area contributed by atoms with Crippen LogP contribution in [0.2, 0.25) is 0 Å². The van der Waals surface area contributed by atoms with Gasteiger partial charge in [0.1, 0.15) is 23.6 Å². The van der Waals surface area contributed by atoms with Crippen molar-refractivity contribution in [3.63, 3.8) is 0 Å². The number of anilines is 4. The third kappa shape index (κ3) is 5.97. The molecule has 0 saturated carbocycles. The Morgan fingerprint density at radius 1 is 1.10 bits per heavy atom. The number of pyridine rings is 1. The van der Waals surface area contributed by atoms with E-state index in [1.165, 1.54) is 5.56 Å². The van der Waals surface area contributed by atoms with Crippen molar-refractivity contribution in [2.45, 2.75) is 33.1 Å². The topological polar surface area (TPSA) is 78.9 Å². The highest BCUT2D eigenvalue weighted by Crippen LogP contribution is 2.39. The van der Waals surface area contributed by atoms with Crippen molar-refractivity contribution in [1.29, 1.82) is 0 Å². The van der Waals surface area contributed by atoms with Crippen molar-refractivity contribution in [1.82, 2.24) is 19.9 Å². The fraction of sp³-hybridized carbons (Fsp3) is 0.364. The van der Waals surface area contributed by atoms with E-state index in [1.54, 1.807) is 19.6 Å². The Morgan fingerprint density at radius 3 is 2.57 bits per heavy atom. The molecule has 5 rings (SSSR count). The third-order valence-electron chi connectivity index (χ3n) is 8.08. The molecule has 1 fully saturated rings. The highest BCUT2D eigenvalue weighted by atomic mass is 16.5. The number of nitrogens with zero attached hydrogens (tertiary/aromatic N) is 6. The predicted molar refractivity (Wildman–Crippen MR) is 172 cm³/mol. The van der Waals surface area contributed by atoms with Gasteiger partial charge in [-0.05, 0) is 80.0 Å². The molecular formula is C33H41N7O2. The van der Waals surface area contributed by atoms with Crippen LogP contribution in [0.15, 0.2) is 61.7 Å². The normalized spacial score (nSPS) is 14.5. The van der Waals surface area contributed by atoms with E-state index in [0.717, 1.165) is 77.8 Å². The highest BCUT2D eigenvalue weighted by Gasteiger charge is 2.23. The van der Waals surface area contributed by atoms with Crippen molar-refractivity contribution >= 4 is 33.9 Å². The van der Waals surface area contributed by atoms with Gasteiger partial charge in [-0.15, -0.1) is 0 Å². The first-order valence-electron chi connectivity index (χ1n) is 14.5. The molecule has 0 radical (unpaired) electrons. The smallest absolute Gasteiger partial charge is 0.174 e. The average molecular weight is 568 g/mol. The number of hydrogen-bond acceptors (Lipinski definition) is 9. The largest absolute Gasteiger partial charge is 0.492 e. The Bertz CT molecular complexity index is 1570. The van der Waals surface area contributed by atoms with Gasteiger partial charge in [0.15, 0.2) is 11.6 Å². The molecule has 9 nitrogen and oxygen atoms in total. The SMILES string of the molecule is C=CN(C)c1ccc(Oc2ccc(Nc3ncnc4cnc(N5CCN(C)CC5)c(OC)c34)cc2C)cc1C(C)CC. The van der Waals surface area contributed by atoms with Crippen molar-refractivity contribution in [3.8, 4) is 17.2 Å². The fourth-order valence-corrected chi connectivity index (χ4v) is 5.28. The lowest BCUT2D eigenvalue weighted by Crippen LogP contribution is -2.45. The molecule has 0 bridgehead atoms. The lowest BCUT2D eigenvalue weighted by atomic mass is 9.96. The number of fused-ring (bicyclic) bond motifs is 1. The summed E-state index contributed by atoms with van der Waals surface area (Å²) in [5.74, 6) is 4.17. The molecule has 3 heterocycles. The second-order valence-electron chi connectivity index (χ2n) is 10.9. The maximum absolute atomic E-state index is 6.38. The summed E-state index contributed by atoms with van der Waals surface area (Å²) >= 11 is 0. The number of piperazine rings is 1. The van der Waals surface area contributed by atoms with Crippen molar-refractivity contribution in [2.75, 3.05) is 62.5 Å². The van der Waals surface area contributed by atoms with Gasteiger partial charge in [-0.25, -0.2) is 15.0 Å². The van der Waals surface area contributed by atoms with Crippen molar-refractivity contribution in [2.24, 2.45) is 0 Å². The van der Waals surface area contributed by atoms with E-state index >= 15 is 0 Å². The van der Waals surface area contributed by atoms with Gasteiger partial charge in [-0.2, -0.15) is 0 Å². The van der Waals surface area contributed by atoms with Gasteiger partial charge < -0.3 is 29.5 Å². The Morgan fingerprint density at radius 2 is 1.88 bits per heavy atom. The zero-order valence-corrected chi connectivity index (χ0v) is 25.5. The summed E-state index contributed by atoms with van der Waals surface area (Å²) in [5, 5.41) is 4.30. The average Bonchev–Trinajstić information content (AvgIpc) is 3.01. The Balaban J connectivity index is 1.42. The van der Waals surface area contributed by atoms with Crippen LogP contribution in [0.3, 0.4) is 0 Å². The molecule has 4 aromatic rings. The van der Waals surface area contributed by atoms with Crippen LogP contribution in [0.4, 0.5) is 23.0 Å². The lowest BCUT2D eigenvalue weighted by molar-refractivity contribution is 0.310. The molecule has 2 aromatic heterocycles. The van der Waals surface area contributed by atoms with E-state index in [4.69, 9.17) is 14.5 Å². The van der Waals surface area contributed by atoms with Gasteiger partial charge in [0.05, 0.1) is 24.2 Å². The van der Waals surface area contributed by atoms with Crippen LogP contribution in [0.25, 0.3) is 10.9 Å². The van der Waals surface area contributed by atoms with Gasteiger partial charge in [-0.3, -0.25) is 0 Å². The van der Waals surface area contributed by atoms with Crippen LogP contribution in [0, 0.1) is 6.92 Å². The third-order valence-corrected chi connectivity index (χ3v) is 8.08. The highest BCUT2D eigenvalue weighted by molar-refractivity contribution is 5.98. The molecule has 1 aliphatic heterocycles. The minimum Gasteiger partial charge on any atom is -0.492 e. The van der Waals surface area contributed by atoms with Crippen LogP contribution in [-0.2, 0) is 0 Å². The first-order chi connectivity index (χ1) is 20.3. The van der Waals surface area contributed by atoms with Crippen LogP contribution in [0.1, 0.15) is 37.3 Å². The van der Waals surface area contributed by atoms with Gasteiger partial charge in [0.2, 0.25) is 0 Å². The minimum absolute atomic E-state index is 0.394. The van der Waals surface area contributed by atoms with Crippen molar-refractivity contribution in [3.05, 3.63) is 72.8 Å². The summed E-state index contributed by atoms with van der Waals surface area (Å²) in [6.07, 6.45) is 6.22. The first-order valence-corrected chi connectivity index (χ1v) is 14.5. The van der Waals surface area contributed by atoms with Crippen LogP contribution in [0.5, 0.6) is 17.2 Å². The van der Waals surface area contributed by atoms with E-state index in [0.29, 0.717) is 17.5 Å². The first kappa shape index (κ1) is 29.1. The van der Waals surface area contributed by atoms with E-state index in [1.807, 2.05) is 43.3 Å². The molecule has 1 saturated heterocycles. The maximum atomic E-state index is 6.38. The van der Waals surface area contributed by atoms with Gasteiger partial charge in [-0.1, -0.05) is 20.4 Å². The molecular weight excluding hydrogens is 526 g/mol. The van der Waals surface area contributed by atoms with E-state index < -0.39 is 0 Å². The molecule has 0 spiro atoms. The number of ether oxygens (including phenoxy) is 2. The molecule has 2 aromatic carbocycles. The quantitative estimate of drug-likeness (QED) is 0.225. The molecule has 1 atom stereocenters. The fourth-order valence-electron chi connectivity index (χ4n) is 5.28. The predicted octanol–water partition coefficient (Wildman–Crippen LogP) is 6.72. The number of methoxy groups -OCH3 is 1. The summed E-state index contributed by atoms with van der Waals surface area (Å²) in [6.45, 7) is 14.1.